The summed E-state index contributed by atoms with van der Waals surface area (Å²) >= 11 is 0. The molecule has 158 valence electrons. The first-order valence-electron chi connectivity index (χ1n) is 9.61. The van der Waals surface area contributed by atoms with Crippen LogP contribution in [-0.2, 0) is 23.3 Å². The molecule has 1 fully saturated rings. The van der Waals surface area contributed by atoms with Crippen LogP contribution in [0.4, 0.5) is 4.79 Å². The van der Waals surface area contributed by atoms with Gasteiger partial charge in [-0.25, -0.2) is 9.46 Å². The van der Waals surface area contributed by atoms with Gasteiger partial charge in [0.25, 0.3) is 8.53 Å². The van der Waals surface area contributed by atoms with Gasteiger partial charge in [-0.05, 0) is 34.1 Å². The van der Waals surface area contributed by atoms with Gasteiger partial charge in [-0.15, -0.1) is 0 Å². The molecule has 1 aliphatic heterocycles. The van der Waals surface area contributed by atoms with E-state index in [2.05, 4.69) is 45.0 Å². The predicted octanol–water partition coefficient (Wildman–Crippen LogP) is 2.73. The van der Waals surface area contributed by atoms with Crippen molar-refractivity contribution in [2.24, 2.45) is 0 Å². The quantitative estimate of drug-likeness (QED) is 0.158. The molecule has 28 heavy (non-hydrogen) atoms. The Hall–Kier alpha value is -1.17. The molecule has 0 saturated carbocycles. The van der Waals surface area contributed by atoms with Crippen molar-refractivity contribution in [2.75, 3.05) is 19.8 Å². The smallest absolute Gasteiger partial charge is 0.431 e. The lowest BCUT2D eigenvalue weighted by atomic mass is 9.96. The summed E-state index contributed by atoms with van der Waals surface area (Å²) in [5, 5.41) is 8.82. The van der Waals surface area contributed by atoms with E-state index in [1.54, 1.807) is 0 Å². The highest BCUT2D eigenvalue weighted by molar-refractivity contribution is 7.44. The van der Waals surface area contributed by atoms with Crippen molar-refractivity contribution in [2.45, 2.75) is 70.8 Å². The van der Waals surface area contributed by atoms with Crippen LogP contribution in [0.2, 0.25) is 0 Å². The number of rotatable bonds is 12. The van der Waals surface area contributed by atoms with Gasteiger partial charge in [0, 0.05) is 18.1 Å². The topological polar surface area (TPSA) is 90.2 Å². The number of carbonyl (C=O) groups excluding carboxylic acids is 1. The van der Waals surface area contributed by atoms with Gasteiger partial charge < -0.3 is 23.3 Å². The maximum absolute atomic E-state index is 11.6. The molecule has 0 aromatic rings. The summed E-state index contributed by atoms with van der Waals surface area (Å²) in [5.41, 5.74) is 0. The molecule has 0 bridgehead atoms. The van der Waals surface area contributed by atoms with Crippen LogP contribution in [0, 0.1) is 11.3 Å². The van der Waals surface area contributed by atoms with Gasteiger partial charge >= 0.3 is 6.16 Å². The zero-order valence-electron chi connectivity index (χ0n) is 17.5. The van der Waals surface area contributed by atoms with Crippen molar-refractivity contribution >= 4 is 22.5 Å². The Labute approximate surface area is 170 Å². The monoisotopic (exact) mass is 414 g/mol. The maximum Gasteiger partial charge on any atom is 0.508 e. The molecule has 0 aliphatic carbocycles. The lowest BCUT2D eigenvalue weighted by Gasteiger charge is -2.37. The highest BCUT2D eigenvalue weighted by Crippen LogP contribution is 2.49. The summed E-state index contributed by atoms with van der Waals surface area (Å²) in [4.78, 5) is 11.6. The summed E-state index contributed by atoms with van der Waals surface area (Å²) in [6, 6.07) is 2.47. The van der Waals surface area contributed by atoms with Crippen LogP contribution in [0.15, 0.2) is 12.7 Å². The van der Waals surface area contributed by atoms with Gasteiger partial charge in [0.1, 0.15) is 27.2 Å². The molecule has 8 nitrogen and oxygen atoms in total. The van der Waals surface area contributed by atoms with Crippen molar-refractivity contribution in [1.29, 1.82) is 5.26 Å². The standard InChI is InChI=1S/C18H32BN2O6P/c1-6-9-23-18(22)24-12-16-15(11-17(19)26-16)27-28(25-10-7-8-20)21(13(2)3)14(4)5/h6,13-17H,1,7,9-12,19H2,2-5H3/t15-,16+,17+,28?/m0/s1. The largest absolute Gasteiger partial charge is 0.508 e. The minimum atomic E-state index is -1.39. The SMILES string of the molecule is B[C@H]1C[C@H](OP(OCCC#N)N(C(C)C)C(C)C)[C@@H](COC(=O)OCC=C)O1. The maximum atomic E-state index is 11.6. The van der Waals surface area contributed by atoms with Gasteiger partial charge in [-0.1, -0.05) is 12.7 Å². The van der Waals surface area contributed by atoms with E-state index in [1.165, 1.54) is 6.08 Å². The highest BCUT2D eigenvalue weighted by atomic mass is 31.2. The molecule has 4 atom stereocenters. The fourth-order valence-electron chi connectivity index (χ4n) is 2.91. The van der Waals surface area contributed by atoms with E-state index < -0.39 is 20.8 Å². The zero-order valence-corrected chi connectivity index (χ0v) is 18.4. The Balaban J connectivity index is 2.77. The van der Waals surface area contributed by atoms with Gasteiger partial charge in [0.15, 0.2) is 0 Å². The van der Waals surface area contributed by atoms with Crippen LogP contribution >= 0.6 is 8.53 Å². The molecule has 0 radical (unpaired) electrons. The molecule has 1 unspecified atom stereocenters. The van der Waals surface area contributed by atoms with Gasteiger partial charge in [0.2, 0.25) is 0 Å². The number of carbonyl (C=O) groups is 1. The molecule has 0 aromatic heterocycles. The molecule has 1 aliphatic rings. The van der Waals surface area contributed by atoms with E-state index in [4.69, 9.17) is 28.5 Å². The summed E-state index contributed by atoms with van der Waals surface area (Å²) in [5.74, 6) is 0. The molecule has 1 saturated heterocycles. The van der Waals surface area contributed by atoms with Crippen LogP contribution in [0.1, 0.15) is 40.5 Å². The number of hydrogen-bond donors (Lipinski definition) is 0. The molecule has 10 heteroatoms. The molecular formula is C18H32BN2O6P. The second-order valence-corrected chi connectivity index (χ2v) is 8.48. The first kappa shape index (κ1) is 24.9. The van der Waals surface area contributed by atoms with Crippen molar-refractivity contribution < 1.29 is 28.1 Å². The van der Waals surface area contributed by atoms with E-state index in [0.29, 0.717) is 19.4 Å². The van der Waals surface area contributed by atoms with E-state index >= 15 is 0 Å². The Bertz CT molecular complexity index is 523. The Morgan fingerprint density at radius 2 is 2.07 bits per heavy atom. The Morgan fingerprint density at radius 1 is 1.39 bits per heavy atom. The predicted molar refractivity (Wildman–Crippen MR) is 109 cm³/mol. The van der Waals surface area contributed by atoms with Crippen molar-refractivity contribution in [3.8, 4) is 6.07 Å². The molecule has 1 heterocycles. The van der Waals surface area contributed by atoms with Crippen LogP contribution in [0.3, 0.4) is 0 Å². The third-order valence-electron chi connectivity index (χ3n) is 3.96. The number of nitrogens with zero attached hydrogens (tertiary/aromatic N) is 2. The molecule has 0 spiro atoms. The molecular weight excluding hydrogens is 382 g/mol. The summed E-state index contributed by atoms with van der Waals surface area (Å²) in [7, 11) is 0.563. The van der Waals surface area contributed by atoms with Crippen LogP contribution in [0.25, 0.3) is 0 Å². The van der Waals surface area contributed by atoms with Crippen molar-refractivity contribution in [3.63, 3.8) is 0 Å². The van der Waals surface area contributed by atoms with Crippen molar-refractivity contribution in [1.82, 2.24) is 4.67 Å². The van der Waals surface area contributed by atoms with E-state index in [1.807, 2.05) is 7.85 Å². The number of nitriles is 1. The molecule has 0 aromatic carbocycles. The van der Waals surface area contributed by atoms with Gasteiger partial charge in [0.05, 0.1) is 25.2 Å². The third kappa shape index (κ3) is 8.46. The van der Waals surface area contributed by atoms with E-state index in [0.717, 1.165) is 0 Å². The average Bonchev–Trinajstić information content (AvgIpc) is 2.96. The Kier molecular flexibility index (Phi) is 11.7. The highest BCUT2D eigenvalue weighted by Gasteiger charge is 2.39. The lowest BCUT2D eigenvalue weighted by molar-refractivity contribution is -0.0237. The first-order chi connectivity index (χ1) is 13.3. The summed E-state index contributed by atoms with van der Waals surface area (Å²) < 4.78 is 30.2. The Morgan fingerprint density at radius 3 is 2.64 bits per heavy atom. The molecule has 1 rings (SSSR count). The van der Waals surface area contributed by atoms with Crippen LogP contribution < -0.4 is 0 Å². The van der Waals surface area contributed by atoms with E-state index in [9.17, 15) is 4.79 Å². The summed E-state index contributed by atoms with van der Waals surface area (Å²) in [6.07, 6.45) is 0.985. The van der Waals surface area contributed by atoms with Gasteiger partial charge in [-0.2, -0.15) is 5.26 Å². The number of hydrogen-bond acceptors (Lipinski definition) is 8. The lowest BCUT2D eigenvalue weighted by Crippen LogP contribution is -2.36. The first-order valence-corrected chi connectivity index (χ1v) is 10.7. The summed E-state index contributed by atoms with van der Waals surface area (Å²) in [6.45, 7) is 12.2. The van der Waals surface area contributed by atoms with Crippen molar-refractivity contribution in [3.05, 3.63) is 12.7 Å². The molecule has 0 N–H and O–H groups in total. The van der Waals surface area contributed by atoms with Crippen LogP contribution in [0.5, 0.6) is 0 Å². The zero-order chi connectivity index (χ0) is 21.1. The van der Waals surface area contributed by atoms with Gasteiger partial charge in [-0.3, -0.25) is 0 Å². The average molecular weight is 414 g/mol. The fraction of sp³-hybridized carbons (Fsp3) is 0.778. The minimum Gasteiger partial charge on any atom is -0.431 e. The second kappa shape index (κ2) is 13.1. The van der Waals surface area contributed by atoms with Crippen LogP contribution in [-0.4, -0.2) is 68.8 Å². The number of ether oxygens (including phenoxy) is 3. The molecule has 0 amide bonds. The second-order valence-electron chi connectivity index (χ2n) is 7.07. The fourth-order valence-corrected chi connectivity index (χ4v) is 4.67. The van der Waals surface area contributed by atoms with E-state index in [-0.39, 0.29) is 37.4 Å². The third-order valence-corrected chi connectivity index (χ3v) is 6.11. The minimum absolute atomic E-state index is 0.0229. The normalized spacial score (nSPS) is 23.0.